The third-order valence-corrected chi connectivity index (χ3v) is 6.61. The molecule has 1 aliphatic carbocycles. The van der Waals surface area contributed by atoms with Crippen LogP contribution in [0.4, 0.5) is 4.39 Å². The van der Waals surface area contributed by atoms with Gasteiger partial charge in [0.1, 0.15) is 5.82 Å². The van der Waals surface area contributed by atoms with Gasteiger partial charge in [-0.3, -0.25) is 15.8 Å². The molecule has 2 heterocycles. The average molecular weight is 377 g/mol. The predicted octanol–water partition coefficient (Wildman–Crippen LogP) is 1.99. The fraction of sp³-hybridized carbons (Fsp3) is 0.714. The Hall–Kier alpha value is -1.05. The first kappa shape index (κ1) is 19.3. The SMILES string of the molecule is COC1CCC2NNC(CN3CCCN(Cc4ccc(F)cc4)CC3)C2C1. The predicted molar refractivity (Wildman–Crippen MR) is 105 cm³/mol. The second-order valence-electron chi connectivity index (χ2n) is 8.39. The number of nitrogens with zero attached hydrogens (tertiary/aromatic N) is 2. The van der Waals surface area contributed by atoms with Gasteiger partial charge in [-0.05, 0) is 62.4 Å². The summed E-state index contributed by atoms with van der Waals surface area (Å²) in [6.45, 7) is 6.47. The van der Waals surface area contributed by atoms with Gasteiger partial charge in [-0.15, -0.1) is 0 Å². The Kier molecular flexibility index (Phi) is 6.40. The molecule has 0 aromatic heterocycles. The fourth-order valence-electron chi connectivity index (χ4n) is 5.00. The van der Waals surface area contributed by atoms with E-state index in [1.807, 2.05) is 19.2 Å². The van der Waals surface area contributed by atoms with E-state index < -0.39 is 0 Å². The number of methoxy groups -OCH3 is 1. The molecule has 1 aromatic rings. The van der Waals surface area contributed by atoms with Crippen LogP contribution in [0.25, 0.3) is 0 Å². The number of hydrazine groups is 1. The highest BCUT2D eigenvalue weighted by atomic mass is 19.1. The molecular formula is C21H33FN4O. The molecule has 0 amide bonds. The summed E-state index contributed by atoms with van der Waals surface area (Å²) in [4.78, 5) is 5.11. The topological polar surface area (TPSA) is 39.8 Å². The first-order chi connectivity index (χ1) is 13.2. The molecule has 3 fully saturated rings. The molecule has 27 heavy (non-hydrogen) atoms. The van der Waals surface area contributed by atoms with E-state index in [-0.39, 0.29) is 5.82 Å². The number of hydrogen-bond acceptors (Lipinski definition) is 5. The molecule has 5 nitrogen and oxygen atoms in total. The van der Waals surface area contributed by atoms with E-state index in [0.717, 1.165) is 45.7 Å². The van der Waals surface area contributed by atoms with Gasteiger partial charge in [-0.2, -0.15) is 0 Å². The van der Waals surface area contributed by atoms with Gasteiger partial charge in [0.25, 0.3) is 0 Å². The normalized spacial score (nSPS) is 33.0. The van der Waals surface area contributed by atoms with Crippen molar-refractivity contribution in [1.82, 2.24) is 20.7 Å². The summed E-state index contributed by atoms with van der Waals surface area (Å²) in [5.41, 5.74) is 8.30. The summed E-state index contributed by atoms with van der Waals surface area (Å²) in [6, 6.07) is 8.04. The molecule has 3 aliphatic rings. The van der Waals surface area contributed by atoms with Crippen molar-refractivity contribution >= 4 is 0 Å². The molecule has 4 unspecified atom stereocenters. The molecule has 4 atom stereocenters. The Balaban J connectivity index is 1.27. The largest absolute Gasteiger partial charge is 0.381 e. The van der Waals surface area contributed by atoms with Gasteiger partial charge in [-0.25, -0.2) is 4.39 Å². The van der Waals surface area contributed by atoms with Crippen molar-refractivity contribution in [3.63, 3.8) is 0 Å². The Morgan fingerprint density at radius 2 is 1.81 bits per heavy atom. The van der Waals surface area contributed by atoms with Gasteiger partial charge in [-0.1, -0.05) is 12.1 Å². The van der Waals surface area contributed by atoms with Crippen LogP contribution in [-0.2, 0) is 11.3 Å². The first-order valence-corrected chi connectivity index (χ1v) is 10.4. The summed E-state index contributed by atoms with van der Waals surface area (Å²) in [5.74, 6) is 0.512. The summed E-state index contributed by atoms with van der Waals surface area (Å²) in [6.07, 6.45) is 5.15. The lowest BCUT2D eigenvalue weighted by molar-refractivity contribution is 0.0415. The zero-order valence-corrected chi connectivity index (χ0v) is 16.4. The Labute approximate surface area is 162 Å². The minimum Gasteiger partial charge on any atom is -0.381 e. The van der Waals surface area contributed by atoms with Crippen LogP contribution in [0, 0.1) is 11.7 Å². The molecule has 4 rings (SSSR count). The molecule has 6 heteroatoms. The number of benzene rings is 1. The number of nitrogens with one attached hydrogen (secondary N) is 2. The number of halogens is 1. The lowest BCUT2D eigenvalue weighted by Crippen LogP contribution is -2.44. The maximum absolute atomic E-state index is 13.1. The molecule has 150 valence electrons. The minimum atomic E-state index is -0.157. The zero-order valence-electron chi connectivity index (χ0n) is 16.4. The lowest BCUT2D eigenvalue weighted by Gasteiger charge is -2.34. The molecule has 0 radical (unpaired) electrons. The van der Waals surface area contributed by atoms with Crippen molar-refractivity contribution in [3.8, 4) is 0 Å². The van der Waals surface area contributed by atoms with E-state index in [1.54, 1.807) is 12.1 Å². The number of ether oxygens (including phenoxy) is 1. The number of rotatable bonds is 5. The summed E-state index contributed by atoms with van der Waals surface area (Å²) in [5, 5.41) is 0. The molecule has 2 saturated heterocycles. The third-order valence-electron chi connectivity index (χ3n) is 6.61. The van der Waals surface area contributed by atoms with E-state index in [2.05, 4.69) is 20.7 Å². The smallest absolute Gasteiger partial charge is 0.123 e. The van der Waals surface area contributed by atoms with Gasteiger partial charge in [0.05, 0.1) is 6.10 Å². The number of hydrogen-bond donors (Lipinski definition) is 2. The second-order valence-corrected chi connectivity index (χ2v) is 8.39. The van der Waals surface area contributed by atoms with Crippen LogP contribution in [0.15, 0.2) is 24.3 Å². The summed E-state index contributed by atoms with van der Waals surface area (Å²) >= 11 is 0. The van der Waals surface area contributed by atoms with Crippen molar-refractivity contribution < 1.29 is 9.13 Å². The van der Waals surface area contributed by atoms with Crippen molar-refractivity contribution in [2.24, 2.45) is 5.92 Å². The van der Waals surface area contributed by atoms with Crippen LogP contribution < -0.4 is 10.9 Å². The molecule has 2 aliphatic heterocycles. The van der Waals surface area contributed by atoms with E-state index in [9.17, 15) is 4.39 Å². The molecule has 2 N–H and O–H groups in total. The van der Waals surface area contributed by atoms with Crippen molar-refractivity contribution in [2.75, 3.05) is 39.8 Å². The quantitative estimate of drug-likeness (QED) is 0.823. The van der Waals surface area contributed by atoms with Gasteiger partial charge in [0.2, 0.25) is 0 Å². The van der Waals surface area contributed by atoms with Crippen LogP contribution >= 0.6 is 0 Å². The van der Waals surface area contributed by atoms with Crippen LogP contribution in [0.5, 0.6) is 0 Å². The lowest BCUT2D eigenvalue weighted by atomic mass is 9.80. The van der Waals surface area contributed by atoms with Gasteiger partial charge >= 0.3 is 0 Å². The maximum Gasteiger partial charge on any atom is 0.123 e. The standard InChI is InChI=1S/C21H33FN4O/c1-27-18-7-8-20-19(13-18)21(24-23-20)15-26-10-2-9-25(11-12-26)14-16-3-5-17(22)6-4-16/h3-6,18-21,23-24H,2,7-15H2,1H3. The van der Waals surface area contributed by atoms with Crippen LogP contribution in [-0.4, -0.2) is 67.8 Å². The molecule has 0 bridgehead atoms. The second kappa shape index (κ2) is 8.97. The van der Waals surface area contributed by atoms with Crippen molar-refractivity contribution in [3.05, 3.63) is 35.6 Å². The van der Waals surface area contributed by atoms with Gasteiger partial charge < -0.3 is 9.64 Å². The van der Waals surface area contributed by atoms with Crippen LogP contribution in [0.2, 0.25) is 0 Å². The third kappa shape index (κ3) is 4.87. The Morgan fingerprint density at radius 3 is 2.63 bits per heavy atom. The van der Waals surface area contributed by atoms with E-state index in [4.69, 9.17) is 4.74 Å². The Bertz CT molecular complexity index is 598. The molecule has 0 spiro atoms. The minimum absolute atomic E-state index is 0.157. The van der Waals surface area contributed by atoms with Crippen molar-refractivity contribution in [2.45, 2.75) is 50.4 Å². The van der Waals surface area contributed by atoms with E-state index in [1.165, 1.54) is 24.8 Å². The zero-order chi connectivity index (χ0) is 18.6. The van der Waals surface area contributed by atoms with Crippen molar-refractivity contribution in [1.29, 1.82) is 0 Å². The van der Waals surface area contributed by atoms with E-state index >= 15 is 0 Å². The average Bonchev–Trinajstić information content (AvgIpc) is 2.95. The monoisotopic (exact) mass is 376 g/mol. The van der Waals surface area contributed by atoms with Crippen LogP contribution in [0.1, 0.15) is 31.2 Å². The highest BCUT2D eigenvalue weighted by Gasteiger charge is 2.41. The summed E-state index contributed by atoms with van der Waals surface area (Å²) < 4.78 is 18.7. The Morgan fingerprint density at radius 1 is 1.04 bits per heavy atom. The molecule has 1 saturated carbocycles. The highest BCUT2D eigenvalue weighted by molar-refractivity contribution is 5.15. The van der Waals surface area contributed by atoms with Gasteiger partial charge in [0, 0.05) is 45.4 Å². The number of fused-ring (bicyclic) bond motifs is 1. The first-order valence-electron chi connectivity index (χ1n) is 10.4. The fourth-order valence-corrected chi connectivity index (χ4v) is 5.00. The molecular weight excluding hydrogens is 343 g/mol. The molecule has 1 aromatic carbocycles. The maximum atomic E-state index is 13.1. The summed E-state index contributed by atoms with van der Waals surface area (Å²) in [7, 11) is 1.85. The van der Waals surface area contributed by atoms with Gasteiger partial charge in [0.15, 0.2) is 0 Å². The van der Waals surface area contributed by atoms with Crippen LogP contribution in [0.3, 0.4) is 0 Å². The van der Waals surface area contributed by atoms with E-state index in [0.29, 0.717) is 24.1 Å². The highest BCUT2D eigenvalue weighted by Crippen LogP contribution is 2.32.